The normalized spacial score (nSPS) is 18.6. The zero-order valence-electron chi connectivity index (χ0n) is 21.0. The first-order chi connectivity index (χ1) is 14.9. The van der Waals surface area contributed by atoms with Crippen LogP contribution < -0.4 is 5.32 Å². The number of carbonyl (C=O) groups is 3. The van der Waals surface area contributed by atoms with Crippen LogP contribution in [-0.2, 0) is 19.1 Å². The molecule has 1 amide bonds. The van der Waals surface area contributed by atoms with Gasteiger partial charge in [0.25, 0.3) is 0 Å². The quantitative estimate of drug-likeness (QED) is 0.302. The van der Waals surface area contributed by atoms with E-state index in [0.717, 1.165) is 58.5 Å². The van der Waals surface area contributed by atoms with Crippen LogP contribution in [0.25, 0.3) is 0 Å². The topological polar surface area (TPSA) is 116 Å². The number of rotatable bonds is 12. The summed E-state index contributed by atoms with van der Waals surface area (Å²) < 4.78 is 5.89. The summed E-state index contributed by atoms with van der Waals surface area (Å²) in [7, 11) is 0. The van der Waals surface area contributed by atoms with Gasteiger partial charge in [0.2, 0.25) is 5.91 Å². The van der Waals surface area contributed by atoms with Crippen molar-refractivity contribution in [3.8, 4) is 0 Å². The van der Waals surface area contributed by atoms with Crippen molar-refractivity contribution in [3.05, 3.63) is 0 Å². The number of amides is 1. The summed E-state index contributed by atoms with van der Waals surface area (Å²) in [6.45, 7) is 18.2. The van der Waals surface area contributed by atoms with Gasteiger partial charge in [-0.15, -0.1) is 0 Å². The fourth-order valence-electron chi connectivity index (χ4n) is 4.11. The maximum Gasteiger partial charge on any atom is 0.414 e. The molecule has 1 saturated heterocycles. The van der Waals surface area contributed by atoms with E-state index in [4.69, 9.17) is 24.5 Å². The maximum atomic E-state index is 12.5. The summed E-state index contributed by atoms with van der Waals surface area (Å²) >= 11 is 0. The van der Waals surface area contributed by atoms with Crippen LogP contribution in [-0.4, -0.2) is 71.3 Å². The predicted octanol–water partition coefficient (Wildman–Crippen LogP) is 3.64. The molecule has 1 aliphatic heterocycles. The molecule has 0 aliphatic carbocycles. The fourth-order valence-corrected chi connectivity index (χ4v) is 4.11. The second-order valence-corrected chi connectivity index (χ2v) is 9.64. The van der Waals surface area contributed by atoms with E-state index in [2.05, 4.69) is 51.8 Å². The second-order valence-electron chi connectivity index (χ2n) is 9.64. The third kappa shape index (κ3) is 14.4. The number of carboxylic acid groups (broad SMARTS) is 2. The lowest BCUT2D eigenvalue weighted by Crippen LogP contribution is -2.38. The minimum Gasteiger partial charge on any atom is -0.473 e. The molecule has 2 atom stereocenters. The molecule has 32 heavy (non-hydrogen) atoms. The van der Waals surface area contributed by atoms with E-state index in [9.17, 15) is 4.79 Å². The van der Waals surface area contributed by atoms with Gasteiger partial charge in [-0.25, -0.2) is 9.59 Å². The second kappa shape index (κ2) is 16.0. The Bertz CT molecular complexity index is 549. The van der Waals surface area contributed by atoms with Gasteiger partial charge in [-0.1, -0.05) is 34.1 Å². The molecular formula is C24H46N2O6. The first-order valence-corrected chi connectivity index (χ1v) is 12.0. The van der Waals surface area contributed by atoms with E-state index < -0.39 is 11.9 Å². The Kier molecular flexibility index (Phi) is 15.2. The van der Waals surface area contributed by atoms with Crippen molar-refractivity contribution >= 4 is 17.8 Å². The standard InChI is InChI=1S/C22H44N2O2.C2H2O4/c1-7-24(8-2)14-9-13-23-21(25)16-19(11-10-18(3)4)20-12-15-26-22(5,6)17-20;3-1(4)2(5)6/h18-20H,7-17H2,1-6H3,(H,23,25);(H,3,4)(H,5,6). The molecule has 8 nitrogen and oxygen atoms in total. The zero-order valence-corrected chi connectivity index (χ0v) is 21.0. The fraction of sp³-hybridized carbons (Fsp3) is 0.875. The lowest BCUT2D eigenvalue weighted by Gasteiger charge is -2.39. The molecule has 1 aliphatic rings. The molecule has 0 aromatic heterocycles. The highest BCUT2D eigenvalue weighted by atomic mass is 16.5. The summed E-state index contributed by atoms with van der Waals surface area (Å²) in [5, 5.41) is 17.9. The van der Waals surface area contributed by atoms with E-state index >= 15 is 0 Å². The van der Waals surface area contributed by atoms with Crippen molar-refractivity contribution in [2.75, 3.05) is 32.8 Å². The number of carboxylic acids is 2. The molecule has 0 saturated carbocycles. The van der Waals surface area contributed by atoms with E-state index in [0.29, 0.717) is 24.2 Å². The molecule has 3 N–H and O–H groups in total. The monoisotopic (exact) mass is 458 g/mol. The van der Waals surface area contributed by atoms with Gasteiger partial charge in [0.15, 0.2) is 0 Å². The van der Waals surface area contributed by atoms with Crippen molar-refractivity contribution in [3.63, 3.8) is 0 Å². The number of ether oxygens (including phenoxy) is 1. The van der Waals surface area contributed by atoms with Gasteiger partial charge in [-0.05, 0) is 76.9 Å². The highest BCUT2D eigenvalue weighted by molar-refractivity contribution is 6.27. The smallest absolute Gasteiger partial charge is 0.414 e. The summed E-state index contributed by atoms with van der Waals surface area (Å²) in [4.78, 5) is 33.1. The van der Waals surface area contributed by atoms with Crippen LogP contribution >= 0.6 is 0 Å². The lowest BCUT2D eigenvalue weighted by atomic mass is 9.75. The SMILES string of the molecule is CCN(CC)CCCNC(=O)CC(CCC(C)C)C1CCOC(C)(C)C1.O=C(O)C(=O)O. The average Bonchev–Trinajstić information content (AvgIpc) is 2.70. The van der Waals surface area contributed by atoms with Gasteiger partial charge in [0.1, 0.15) is 0 Å². The van der Waals surface area contributed by atoms with Gasteiger partial charge in [0, 0.05) is 19.6 Å². The molecule has 0 aromatic rings. The van der Waals surface area contributed by atoms with Crippen molar-refractivity contribution in [1.29, 1.82) is 0 Å². The van der Waals surface area contributed by atoms with Gasteiger partial charge in [-0.2, -0.15) is 0 Å². The molecule has 8 heteroatoms. The minimum absolute atomic E-state index is 0.0424. The third-order valence-electron chi connectivity index (χ3n) is 6.01. The molecule has 0 aromatic carbocycles. The van der Waals surface area contributed by atoms with Gasteiger partial charge in [0.05, 0.1) is 5.60 Å². The molecule has 1 heterocycles. The van der Waals surface area contributed by atoms with Crippen LogP contribution in [0.4, 0.5) is 0 Å². The number of nitrogens with one attached hydrogen (secondary N) is 1. The van der Waals surface area contributed by atoms with Gasteiger partial charge >= 0.3 is 11.9 Å². The molecule has 1 rings (SSSR count). The maximum absolute atomic E-state index is 12.5. The van der Waals surface area contributed by atoms with E-state index in [-0.39, 0.29) is 11.5 Å². The Morgan fingerprint density at radius 1 is 1.09 bits per heavy atom. The van der Waals surface area contributed by atoms with Crippen LogP contribution in [0.1, 0.15) is 80.1 Å². The summed E-state index contributed by atoms with van der Waals surface area (Å²) in [6, 6.07) is 0. The lowest BCUT2D eigenvalue weighted by molar-refractivity contribution is -0.159. The first-order valence-electron chi connectivity index (χ1n) is 12.0. The Morgan fingerprint density at radius 3 is 2.16 bits per heavy atom. The molecular weight excluding hydrogens is 412 g/mol. The van der Waals surface area contributed by atoms with Crippen molar-refractivity contribution in [1.82, 2.24) is 10.2 Å². The predicted molar refractivity (Wildman–Crippen MR) is 126 cm³/mol. The number of carbonyl (C=O) groups excluding carboxylic acids is 1. The molecule has 188 valence electrons. The van der Waals surface area contributed by atoms with E-state index in [1.165, 1.54) is 6.42 Å². The summed E-state index contributed by atoms with van der Waals surface area (Å²) in [5.74, 6) is -1.61. The van der Waals surface area contributed by atoms with Crippen molar-refractivity contribution in [2.24, 2.45) is 17.8 Å². The first kappa shape index (κ1) is 30.3. The molecule has 2 unspecified atom stereocenters. The molecule has 0 spiro atoms. The summed E-state index contributed by atoms with van der Waals surface area (Å²) in [5.41, 5.74) is -0.0424. The van der Waals surface area contributed by atoms with Gasteiger partial charge < -0.3 is 25.2 Å². The molecule has 0 bridgehead atoms. The van der Waals surface area contributed by atoms with Crippen LogP contribution in [0, 0.1) is 17.8 Å². The highest BCUT2D eigenvalue weighted by Crippen LogP contribution is 2.37. The largest absolute Gasteiger partial charge is 0.473 e. The molecule has 1 fully saturated rings. The summed E-state index contributed by atoms with van der Waals surface area (Å²) in [6.07, 6.45) is 6.25. The van der Waals surface area contributed by atoms with E-state index in [1.807, 2.05) is 0 Å². The van der Waals surface area contributed by atoms with Crippen LogP contribution in [0.15, 0.2) is 0 Å². The van der Waals surface area contributed by atoms with Crippen LogP contribution in [0.5, 0.6) is 0 Å². The van der Waals surface area contributed by atoms with Crippen LogP contribution in [0.3, 0.4) is 0 Å². The number of hydrogen-bond donors (Lipinski definition) is 3. The number of nitrogens with zero attached hydrogens (tertiary/aromatic N) is 1. The Morgan fingerprint density at radius 2 is 1.69 bits per heavy atom. The minimum atomic E-state index is -1.82. The Balaban J connectivity index is 0.00000140. The van der Waals surface area contributed by atoms with Crippen LogP contribution in [0.2, 0.25) is 0 Å². The highest BCUT2D eigenvalue weighted by Gasteiger charge is 2.34. The number of aliphatic carboxylic acids is 2. The average molecular weight is 459 g/mol. The Labute approximate surface area is 194 Å². The Hall–Kier alpha value is -1.67. The zero-order chi connectivity index (χ0) is 24.7. The molecule has 0 radical (unpaired) electrons. The number of hydrogen-bond acceptors (Lipinski definition) is 5. The third-order valence-corrected chi connectivity index (χ3v) is 6.01. The van der Waals surface area contributed by atoms with E-state index in [1.54, 1.807) is 0 Å². The van der Waals surface area contributed by atoms with Crippen molar-refractivity contribution < 1.29 is 29.3 Å². The van der Waals surface area contributed by atoms with Gasteiger partial charge in [-0.3, -0.25) is 4.79 Å². The van der Waals surface area contributed by atoms with Crippen molar-refractivity contribution in [2.45, 2.75) is 85.7 Å².